The van der Waals surface area contributed by atoms with Gasteiger partial charge in [-0.15, -0.1) is 0 Å². The standard InChI is InChI=1S/C16H11N3O6.C14H14N2O3.C14H16N2O.C10H9NO2/c1-10-8-11-9-13(19(23)24)4-7-15(11)17(10)16(20)25-14-5-2-12(3-6-14)18(21)22;1-9-6-11-8-12(16(18)19)4-5-13(11)15(9)14(17)7-10-2-3-10;1-9-6-11-8-12(15)4-5-13(11)16(9)14(17)7-10-2-3-10;1-7-4-8-2-3-10(11(12)13)6-9(8)5-7/h2-9H,1H3;4-6,8,10H,2-3,7H2,1H3;4-6,8,10H,2-3,7,15H2,1H3;2-3,5-6H,4H2,1H3. The lowest BCUT2D eigenvalue weighted by atomic mass is 10.1. The van der Waals surface area contributed by atoms with Gasteiger partial charge in [0, 0.05) is 100 Å². The normalized spacial score (nSPS) is 13.3. The van der Waals surface area contributed by atoms with Crippen LogP contribution in [0.4, 0.5) is 33.2 Å². The number of nitrogen functional groups attached to an aromatic ring is 1. The lowest BCUT2D eigenvalue weighted by molar-refractivity contribution is -0.385. The Labute approximate surface area is 421 Å². The van der Waals surface area contributed by atoms with Crippen molar-refractivity contribution in [2.75, 3.05) is 5.73 Å². The Morgan fingerprint density at radius 3 is 1.41 bits per heavy atom. The fraction of sp³-hybridized carbons (Fsp3) is 0.241. The van der Waals surface area contributed by atoms with E-state index in [9.17, 15) is 54.8 Å². The number of benzene rings is 5. The number of fused-ring (bicyclic) bond motifs is 4. The van der Waals surface area contributed by atoms with Crippen LogP contribution in [0.15, 0.2) is 121 Å². The molecule has 8 aromatic rings. The van der Waals surface area contributed by atoms with E-state index in [-0.39, 0.29) is 45.2 Å². The molecule has 11 rings (SSSR count). The first-order chi connectivity index (χ1) is 35.2. The molecule has 5 aromatic carbocycles. The van der Waals surface area contributed by atoms with E-state index in [2.05, 4.69) is 0 Å². The number of anilines is 1. The molecule has 20 nitrogen and oxygen atoms in total. The summed E-state index contributed by atoms with van der Waals surface area (Å²) in [6.07, 6.45) is 8.14. The van der Waals surface area contributed by atoms with Crippen molar-refractivity contribution in [3.63, 3.8) is 0 Å². The summed E-state index contributed by atoms with van der Waals surface area (Å²) in [7, 11) is 0. The van der Waals surface area contributed by atoms with Crippen LogP contribution in [0.2, 0.25) is 0 Å². The van der Waals surface area contributed by atoms with E-state index in [4.69, 9.17) is 10.5 Å². The smallest absolute Gasteiger partial charge is 0.410 e. The number of hydrogen-bond donors (Lipinski definition) is 1. The molecule has 3 aromatic heterocycles. The maximum atomic E-state index is 12.4. The van der Waals surface area contributed by atoms with Gasteiger partial charge in [0.15, 0.2) is 0 Å². The van der Waals surface area contributed by atoms with Crippen LogP contribution in [-0.4, -0.2) is 51.3 Å². The summed E-state index contributed by atoms with van der Waals surface area (Å²) in [4.78, 5) is 77.7. The number of nitrogens with zero attached hydrogens (tertiary/aromatic N) is 7. The molecular weight excluding hydrogens is 953 g/mol. The van der Waals surface area contributed by atoms with E-state index >= 15 is 0 Å². The number of hydrogen-bond acceptors (Lipinski definition) is 13. The van der Waals surface area contributed by atoms with Gasteiger partial charge in [0.1, 0.15) is 5.75 Å². The van der Waals surface area contributed by atoms with E-state index in [1.807, 2.05) is 67.8 Å². The summed E-state index contributed by atoms with van der Waals surface area (Å²) in [6, 6.07) is 30.1. The number of carbonyl (C=O) groups is 3. The third-order valence-corrected chi connectivity index (χ3v) is 12.8. The molecule has 3 aliphatic carbocycles. The van der Waals surface area contributed by atoms with Gasteiger partial charge in [0.2, 0.25) is 11.8 Å². The monoisotopic (exact) mass is 1000 g/mol. The molecule has 2 saturated carbocycles. The van der Waals surface area contributed by atoms with E-state index in [1.54, 1.807) is 35.8 Å². The predicted octanol–water partition coefficient (Wildman–Crippen LogP) is 12.6. The van der Waals surface area contributed by atoms with Gasteiger partial charge in [-0.2, -0.15) is 0 Å². The fourth-order valence-electron chi connectivity index (χ4n) is 8.90. The van der Waals surface area contributed by atoms with Crippen LogP contribution in [0.5, 0.6) is 5.75 Å². The van der Waals surface area contributed by atoms with Gasteiger partial charge in [0.25, 0.3) is 22.7 Å². The van der Waals surface area contributed by atoms with Gasteiger partial charge in [0.05, 0.1) is 36.2 Å². The molecular formula is C54H50N8O12. The predicted molar refractivity (Wildman–Crippen MR) is 279 cm³/mol. The number of non-ortho nitro benzene ring substituents is 4. The second kappa shape index (κ2) is 21.2. The summed E-state index contributed by atoms with van der Waals surface area (Å²) in [6.45, 7) is 7.53. The van der Waals surface area contributed by atoms with E-state index in [1.165, 1.54) is 83.1 Å². The Bertz CT molecular complexity index is 3620. The lowest BCUT2D eigenvalue weighted by Crippen LogP contribution is -2.17. The number of carbonyl (C=O) groups excluding carboxylic acids is 3. The molecule has 2 fully saturated rings. The van der Waals surface area contributed by atoms with Crippen molar-refractivity contribution in [2.24, 2.45) is 11.8 Å². The van der Waals surface area contributed by atoms with Crippen LogP contribution in [0.25, 0.3) is 38.8 Å². The zero-order valence-corrected chi connectivity index (χ0v) is 40.8. The van der Waals surface area contributed by atoms with Crippen LogP contribution < -0.4 is 10.5 Å². The highest BCUT2D eigenvalue weighted by Crippen LogP contribution is 2.36. The van der Waals surface area contributed by atoms with Crippen molar-refractivity contribution in [3.05, 3.63) is 190 Å². The van der Waals surface area contributed by atoms with Gasteiger partial charge in [-0.3, -0.25) is 59.2 Å². The first-order valence-electron chi connectivity index (χ1n) is 23.6. The molecule has 0 saturated heterocycles. The summed E-state index contributed by atoms with van der Waals surface area (Å²) in [5.41, 5.74) is 14.5. The van der Waals surface area contributed by atoms with Gasteiger partial charge in [-0.25, -0.2) is 9.36 Å². The molecule has 378 valence electrons. The van der Waals surface area contributed by atoms with Gasteiger partial charge in [-0.05, 0) is 143 Å². The highest BCUT2D eigenvalue weighted by atomic mass is 16.6. The third kappa shape index (κ3) is 11.7. The second-order valence-electron chi connectivity index (χ2n) is 18.7. The minimum Gasteiger partial charge on any atom is -0.410 e. The topological polar surface area (TPSA) is 274 Å². The van der Waals surface area contributed by atoms with Crippen LogP contribution in [0.1, 0.15) is 83.2 Å². The summed E-state index contributed by atoms with van der Waals surface area (Å²) in [5.74, 6) is 1.60. The number of nitro benzene ring substituents is 4. The number of allylic oxidation sites excluding steroid dienone is 1. The number of nitro groups is 4. The SMILES string of the molecule is CC1=Cc2cc([N+](=O)[O-])ccc2C1.Cc1cc2cc(N)ccc2n1C(=O)CC1CC1.Cc1cc2cc([N+](=O)[O-])ccc2n1C(=O)CC1CC1.Cc1cc2cc([N+](=O)[O-])ccc2n1C(=O)Oc1ccc([N+](=O)[O-])cc1. The fourth-order valence-corrected chi connectivity index (χ4v) is 8.90. The van der Waals surface area contributed by atoms with Crippen LogP contribution in [0.3, 0.4) is 0 Å². The van der Waals surface area contributed by atoms with Gasteiger partial charge >= 0.3 is 6.09 Å². The number of rotatable bonds is 9. The molecule has 0 radical (unpaired) electrons. The van der Waals surface area contributed by atoms with Gasteiger partial charge in [-0.1, -0.05) is 17.7 Å². The maximum Gasteiger partial charge on any atom is 0.424 e. The Morgan fingerprint density at radius 1 is 0.527 bits per heavy atom. The van der Waals surface area contributed by atoms with Crippen LogP contribution in [-0.2, 0) is 6.42 Å². The minimum atomic E-state index is -0.713. The average molecular weight is 1000 g/mol. The van der Waals surface area contributed by atoms with Crippen molar-refractivity contribution in [3.8, 4) is 5.75 Å². The highest BCUT2D eigenvalue weighted by molar-refractivity contribution is 5.96. The molecule has 2 N–H and O–H groups in total. The zero-order chi connectivity index (χ0) is 53.1. The van der Waals surface area contributed by atoms with E-state index in [0.29, 0.717) is 41.3 Å². The number of nitrogens with two attached hydrogens (primary N) is 1. The molecule has 0 amide bonds. The number of aryl methyl sites for hydroxylation is 3. The molecule has 0 unspecified atom stereocenters. The number of ether oxygens (including phenoxy) is 1. The van der Waals surface area contributed by atoms with Crippen molar-refractivity contribution >= 4 is 85.1 Å². The van der Waals surface area contributed by atoms with Crippen molar-refractivity contribution in [1.82, 2.24) is 13.7 Å². The van der Waals surface area contributed by atoms with E-state index in [0.717, 1.165) is 63.7 Å². The molecule has 0 aliphatic heterocycles. The first kappa shape index (κ1) is 51.0. The highest BCUT2D eigenvalue weighted by Gasteiger charge is 2.28. The average Bonchev–Trinajstić information content (AvgIpc) is 4.21. The summed E-state index contributed by atoms with van der Waals surface area (Å²) < 4.78 is 10.0. The Kier molecular flexibility index (Phi) is 14.6. The largest absolute Gasteiger partial charge is 0.424 e. The van der Waals surface area contributed by atoms with Crippen molar-refractivity contribution < 1.29 is 38.8 Å². The molecule has 20 heteroatoms. The zero-order valence-electron chi connectivity index (χ0n) is 40.8. The molecule has 3 heterocycles. The molecule has 0 bridgehead atoms. The summed E-state index contributed by atoms with van der Waals surface area (Å²) in [5, 5.41) is 45.0. The molecule has 3 aliphatic rings. The second-order valence-corrected chi connectivity index (χ2v) is 18.7. The Balaban J connectivity index is 0.000000135. The molecule has 74 heavy (non-hydrogen) atoms. The third-order valence-electron chi connectivity index (χ3n) is 12.8. The Hall–Kier alpha value is -9.33. The number of aromatic nitrogens is 3. The van der Waals surface area contributed by atoms with E-state index < -0.39 is 20.9 Å². The minimum absolute atomic E-state index is 0.0549. The first-order valence-corrected chi connectivity index (χ1v) is 23.6. The molecule has 0 atom stereocenters. The maximum absolute atomic E-state index is 12.4. The van der Waals surface area contributed by atoms with Crippen molar-refractivity contribution in [2.45, 2.75) is 72.6 Å². The molecule has 0 spiro atoms. The van der Waals surface area contributed by atoms with Crippen molar-refractivity contribution in [1.29, 1.82) is 0 Å². The quantitative estimate of drug-likeness (QED) is 0.0801. The Morgan fingerprint density at radius 2 is 0.932 bits per heavy atom. The lowest BCUT2D eigenvalue weighted by Gasteiger charge is -2.08. The van der Waals surface area contributed by atoms with Gasteiger partial charge < -0.3 is 10.5 Å². The van der Waals surface area contributed by atoms with Crippen LogP contribution >= 0.6 is 0 Å². The summed E-state index contributed by atoms with van der Waals surface area (Å²) >= 11 is 0. The van der Waals surface area contributed by atoms with Crippen LogP contribution in [0, 0.1) is 73.1 Å².